The molecule has 0 aliphatic rings. The third-order valence-electron chi connectivity index (χ3n) is 3.96. The molecule has 29 heavy (non-hydrogen) atoms. The molecule has 2 aromatic carbocycles. The summed E-state index contributed by atoms with van der Waals surface area (Å²) in [7, 11) is -3.93. The number of hydrazone groups is 1. The predicted octanol–water partition coefficient (Wildman–Crippen LogP) is 3.68. The van der Waals surface area contributed by atoms with Crippen LogP contribution in [0.3, 0.4) is 0 Å². The number of amides is 1. The molecule has 0 radical (unpaired) electrons. The molecule has 0 fully saturated rings. The lowest BCUT2D eigenvalue weighted by molar-refractivity contribution is 0.0995. The second-order valence-electron chi connectivity index (χ2n) is 6.19. The predicted molar refractivity (Wildman–Crippen MR) is 107 cm³/mol. The van der Waals surface area contributed by atoms with Crippen LogP contribution in [-0.4, -0.2) is 20.0 Å². The van der Waals surface area contributed by atoms with Crippen LogP contribution >= 0.6 is 0 Å². The number of hydrogen-bond acceptors (Lipinski definition) is 5. The molecule has 0 bridgehead atoms. The largest absolute Gasteiger partial charge is 0.456 e. The van der Waals surface area contributed by atoms with Crippen LogP contribution in [0.1, 0.15) is 28.8 Å². The molecule has 0 aliphatic heterocycles. The summed E-state index contributed by atoms with van der Waals surface area (Å²) in [6.45, 7) is 3.36. The van der Waals surface area contributed by atoms with Gasteiger partial charge in [0.15, 0.2) is 5.76 Å². The van der Waals surface area contributed by atoms with E-state index in [1.165, 1.54) is 0 Å². The smallest absolute Gasteiger partial charge is 0.291 e. The van der Waals surface area contributed by atoms with E-state index in [4.69, 9.17) is 4.42 Å². The summed E-state index contributed by atoms with van der Waals surface area (Å²) in [5, 5.41) is 6.61. The molecule has 3 rings (SSSR count). The SMILES string of the molecule is C/C(=N\NS(=O)(=O)c1ccc(F)cc1)c1cccc(NC(=O)c2ccc(C)o2)c1. The average molecular weight is 415 g/mol. The van der Waals surface area contributed by atoms with E-state index < -0.39 is 21.7 Å². The first-order chi connectivity index (χ1) is 13.7. The van der Waals surface area contributed by atoms with E-state index in [2.05, 4.69) is 15.2 Å². The molecular weight excluding hydrogens is 397 g/mol. The van der Waals surface area contributed by atoms with Crippen molar-refractivity contribution < 1.29 is 22.0 Å². The zero-order valence-electron chi connectivity index (χ0n) is 15.6. The molecule has 3 aromatic rings. The fourth-order valence-electron chi connectivity index (χ4n) is 2.43. The Hall–Kier alpha value is -3.46. The van der Waals surface area contributed by atoms with Gasteiger partial charge in [-0.1, -0.05) is 12.1 Å². The quantitative estimate of drug-likeness (QED) is 0.474. The van der Waals surface area contributed by atoms with Gasteiger partial charge in [-0.2, -0.15) is 18.4 Å². The van der Waals surface area contributed by atoms with Crippen molar-refractivity contribution in [3.05, 3.63) is 83.6 Å². The molecule has 0 saturated heterocycles. The zero-order valence-corrected chi connectivity index (χ0v) is 16.5. The van der Waals surface area contributed by atoms with E-state index in [9.17, 15) is 17.6 Å². The number of benzene rings is 2. The number of furan rings is 1. The first kappa shape index (κ1) is 20.3. The van der Waals surface area contributed by atoms with Crippen molar-refractivity contribution in [1.29, 1.82) is 0 Å². The second kappa shape index (κ2) is 8.27. The molecular formula is C20H18FN3O4S. The molecule has 150 valence electrons. The number of halogens is 1. The molecule has 0 unspecified atom stereocenters. The molecule has 1 heterocycles. The van der Waals surface area contributed by atoms with Crippen LogP contribution in [0.5, 0.6) is 0 Å². The summed E-state index contributed by atoms with van der Waals surface area (Å²) in [4.78, 5) is 14.2. The lowest BCUT2D eigenvalue weighted by Gasteiger charge is -2.08. The second-order valence-corrected chi connectivity index (χ2v) is 7.85. The van der Waals surface area contributed by atoms with Gasteiger partial charge in [0.2, 0.25) is 0 Å². The van der Waals surface area contributed by atoms with Crippen molar-refractivity contribution in [1.82, 2.24) is 4.83 Å². The molecule has 0 saturated carbocycles. The summed E-state index contributed by atoms with van der Waals surface area (Å²) >= 11 is 0. The van der Waals surface area contributed by atoms with Crippen molar-refractivity contribution in [3.8, 4) is 0 Å². The first-order valence-electron chi connectivity index (χ1n) is 8.54. The molecule has 1 aromatic heterocycles. The van der Waals surface area contributed by atoms with Crippen LogP contribution in [0.15, 0.2) is 75.1 Å². The summed E-state index contributed by atoms with van der Waals surface area (Å²) in [6.07, 6.45) is 0. The van der Waals surface area contributed by atoms with Crippen molar-refractivity contribution in [2.75, 3.05) is 5.32 Å². The van der Waals surface area contributed by atoms with Gasteiger partial charge in [-0.25, -0.2) is 4.39 Å². The standard InChI is InChI=1S/C20H18FN3O4S/c1-13-6-11-19(28-13)20(25)22-17-5-3-4-15(12-17)14(2)23-24-29(26,27)18-9-7-16(21)8-10-18/h3-12,24H,1-2H3,(H,22,25)/b23-14+. The Balaban J connectivity index is 1.73. The Morgan fingerprint density at radius 1 is 1.07 bits per heavy atom. The lowest BCUT2D eigenvalue weighted by Crippen LogP contribution is -2.20. The van der Waals surface area contributed by atoms with Crippen molar-refractivity contribution >= 4 is 27.3 Å². The molecule has 9 heteroatoms. The Morgan fingerprint density at radius 3 is 2.45 bits per heavy atom. The van der Waals surface area contributed by atoms with E-state index in [1.54, 1.807) is 50.2 Å². The first-order valence-corrected chi connectivity index (χ1v) is 10.0. The summed E-state index contributed by atoms with van der Waals surface area (Å²) in [6, 6.07) is 14.4. The number of hydrogen-bond donors (Lipinski definition) is 2. The number of nitrogens with zero attached hydrogens (tertiary/aromatic N) is 1. The maximum Gasteiger partial charge on any atom is 0.291 e. The van der Waals surface area contributed by atoms with Crippen LogP contribution < -0.4 is 10.1 Å². The van der Waals surface area contributed by atoms with Gasteiger partial charge in [0.25, 0.3) is 15.9 Å². The third kappa shape index (κ3) is 5.08. The number of carbonyl (C=O) groups excluding carboxylic acids is 1. The van der Waals surface area contributed by atoms with Gasteiger partial charge >= 0.3 is 0 Å². The summed E-state index contributed by atoms with van der Waals surface area (Å²) in [5.74, 6) is -0.125. The fourth-order valence-corrected chi connectivity index (χ4v) is 3.29. The number of sulfonamides is 1. The number of nitrogens with one attached hydrogen (secondary N) is 2. The molecule has 0 atom stereocenters. The number of aryl methyl sites for hydroxylation is 1. The van der Waals surface area contributed by atoms with Gasteiger partial charge in [0.1, 0.15) is 11.6 Å². The van der Waals surface area contributed by atoms with Crippen molar-refractivity contribution in [2.24, 2.45) is 5.10 Å². The maximum atomic E-state index is 13.0. The number of carbonyl (C=O) groups is 1. The highest BCUT2D eigenvalue weighted by Crippen LogP contribution is 2.15. The van der Waals surface area contributed by atoms with E-state index in [1.807, 2.05) is 0 Å². The van der Waals surface area contributed by atoms with E-state index in [0.717, 1.165) is 24.3 Å². The molecule has 7 nitrogen and oxygen atoms in total. The summed E-state index contributed by atoms with van der Waals surface area (Å²) in [5.41, 5.74) is 1.47. The highest BCUT2D eigenvalue weighted by Gasteiger charge is 2.14. The number of anilines is 1. The Morgan fingerprint density at radius 2 is 1.79 bits per heavy atom. The Kier molecular flexibility index (Phi) is 5.79. The van der Waals surface area contributed by atoms with Crippen LogP contribution in [0.4, 0.5) is 10.1 Å². The third-order valence-corrected chi connectivity index (χ3v) is 5.18. The van der Waals surface area contributed by atoms with Crippen molar-refractivity contribution in [3.63, 3.8) is 0 Å². The molecule has 0 aliphatic carbocycles. The van der Waals surface area contributed by atoms with E-state index in [-0.39, 0.29) is 10.7 Å². The zero-order chi connectivity index (χ0) is 21.0. The van der Waals surface area contributed by atoms with Gasteiger partial charge in [-0.05, 0) is 67.9 Å². The maximum absolute atomic E-state index is 13.0. The Bertz CT molecular complexity index is 1170. The van der Waals surface area contributed by atoms with Crippen LogP contribution in [0.2, 0.25) is 0 Å². The minimum atomic E-state index is -3.93. The minimum Gasteiger partial charge on any atom is -0.456 e. The van der Waals surface area contributed by atoms with Gasteiger partial charge < -0.3 is 9.73 Å². The summed E-state index contributed by atoms with van der Waals surface area (Å²) < 4.78 is 42.7. The highest BCUT2D eigenvalue weighted by atomic mass is 32.2. The van der Waals surface area contributed by atoms with Gasteiger partial charge in [0.05, 0.1) is 10.6 Å². The van der Waals surface area contributed by atoms with Crippen LogP contribution in [0.25, 0.3) is 0 Å². The normalized spacial score (nSPS) is 11.9. The van der Waals surface area contributed by atoms with Gasteiger partial charge in [0, 0.05) is 5.69 Å². The van der Waals surface area contributed by atoms with E-state index >= 15 is 0 Å². The minimum absolute atomic E-state index is 0.106. The lowest BCUT2D eigenvalue weighted by atomic mass is 10.1. The molecule has 2 N–H and O–H groups in total. The highest BCUT2D eigenvalue weighted by molar-refractivity contribution is 7.89. The fraction of sp³-hybridized carbons (Fsp3) is 0.100. The Labute approximate surface area is 167 Å². The van der Waals surface area contributed by atoms with Crippen LogP contribution in [-0.2, 0) is 10.0 Å². The molecule has 1 amide bonds. The topological polar surface area (TPSA) is 101 Å². The van der Waals surface area contributed by atoms with Crippen LogP contribution in [0, 0.1) is 12.7 Å². The molecule has 0 spiro atoms. The van der Waals surface area contributed by atoms with Gasteiger partial charge in [-0.3, -0.25) is 4.79 Å². The van der Waals surface area contributed by atoms with Crippen molar-refractivity contribution in [2.45, 2.75) is 18.7 Å². The monoisotopic (exact) mass is 415 g/mol. The van der Waals surface area contributed by atoms with Gasteiger partial charge in [-0.15, -0.1) is 0 Å². The average Bonchev–Trinajstić information content (AvgIpc) is 3.13. The van der Waals surface area contributed by atoms with E-state index in [0.29, 0.717) is 22.7 Å². The number of rotatable bonds is 6.